The number of carbonyl (C=O) groups excluding carboxylic acids is 1. The van der Waals surface area contributed by atoms with Crippen molar-refractivity contribution >= 4 is 23.5 Å². The molecule has 22 heavy (non-hydrogen) atoms. The molecule has 0 saturated heterocycles. The van der Waals surface area contributed by atoms with Crippen molar-refractivity contribution in [3.63, 3.8) is 0 Å². The van der Waals surface area contributed by atoms with Gasteiger partial charge in [-0.05, 0) is 30.5 Å². The van der Waals surface area contributed by atoms with Crippen LogP contribution in [0.5, 0.6) is 0 Å². The highest BCUT2D eigenvalue weighted by molar-refractivity contribution is 6.30. The van der Waals surface area contributed by atoms with Crippen molar-refractivity contribution in [2.24, 2.45) is 0 Å². The van der Waals surface area contributed by atoms with Gasteiger partial charge in [0, 0.05) is 5.02 Å². The molecule has 0 radical (unpaired) electrons. The summed E-state index contributed by atoms with van der Waals surface area (Å²) in [6.45, 7) is -0.0334. The lowest BCUT2D eigenvalue weighted by Gasteiger charge is -2.18. The topological polar surface area (TPSA) is 75.6 Å². The van der Waals surface area contributed by atoms with Crippen molar-refractivity contribution < 1.29 is 19.4 Å². The van der Waals surface area contributed by atoms with Gasteiger partial charge in [-0.25, -0.2) is 0 Å². The lowest BCUT2D eigenvalue weighted by Crippen LogP contribution is -2.34. The monoisotopic (exact) mass is 325 g/mol. The second-order valence-corrected chi connectivity index (χ2v) is 5.92. The normalized spacial score (nSPS) is 16.4. The predicted molar refractivity (Wildman–Crippen MR) is 82.8 cm³/mol. The first-order chi connectivity index (χ1) is 10.5. The van der Waals surface area contributed by atoms with Gasteiger partial charge in [0.1, 0.15) is 6.61 Å². The summed E-state index contributed by atoms with van der Waals surface area (Å²) >= 11 is 5.83. The van der Waals surface area contributed by atoms with Gasteiger partial charge in [0.05, 0.1) is 18.6 Å². The number of carbonyl (C=O) groups is 2. The van der Waals surface area contributed by atoms with Gasteiger partial charge in [-0.2, -0.15) is 0 Å². The number of hydrogen-bond acceptors (Lipinski definition) is 3. The zero-order valence-corrected chi connectivity index (χ0v) is 13.0. The van der Waals surface area contributed by atoms with Crippen LogP contribution in [0.1, 0.15) is 43.7 Å². The van der Waals surface area contributed by atoms with Crippen LogP contribution in [0.25, 0.3) is 0 Å². The summed E-state index contributed by atoms with van der Waals surface area (Å²) in [6, 6.07) is 6.19. The van der Waals surface area contributed by atoms with Crippen LogP contribution >= 0.6 is 11.6 Å². The fourth-order valence-electron chi connectivity index (χ4n) is 2.61. The Labute approximate surface area is 134 Å². The van der Waals surface area contributed by atoms with E-state index in [2.05, 4.69) is 5.32 Å². The lowest BCUT2D eigenvalue weighted by molar-refractivity contribution is -0.138. The smallest absolute Gasteiger partial charge is 0.305 e. The Morgan fingerprint density at radius 2 is 1.91 bits per heavy atom. The van der Waals surface area contributed by atoms with Gasteiger partial charge in [-0.15, -0.1) is 0 Å². The van der Waals surface area contributed by atoms with Crippen molar-refractivity contribution in [3.8, 4) is 0 Å². The average Bonchev–Trinajstić information content (AvgIpc) is 2.98. The molecule has 1 aromatic carbocycles. The Morgan fingerprint density at radius 1 is 1.27 bits per heavy atom. The van der Waals surface area contributed by atoms with E-state index < -0.39 is 12.0 Å². The van der Waals surface area contributed by atoms with Crippen LogP contribution < -0.4 is 5.32 Å². The van der Waals surface area contributed by atoms with E-state index in [1.165, 1.54) is 0 Å². The molecule has 0 aromatic heterocycles. The number of benzene rings is 1. The van der Waals surface area contributed by atoms with Gasteiger partial charge in [0.15, 0.2) is 0 Å². The number of carboxylic acids is 1. The van der Waals surface area contributed by atoms with E-state index in [0.717, 1.165) is 25.7 Å². The number of aliphatic carboxylic acids is 1. The second kappa shape index (κ2) is 8.15. The molecule has 0 heterocycles. The minimum Gasteiger partial charge on any atom is -0.481 e. The first kappa shape index (κ1) is 16.8. The molecule has 2 rings (SSSR count). The number of carboxylic acid groups (broad SMARTS) is 1. The molecular weight excluding hydrogens is 306 g/mol. The molecule has 0 aliphatic heterocycles. The Kier molecular flexibility index (Phi) is 6.21. The zero-order valence-electron chi connectivity index (χ0n) is 12.3. The molecule has 1 fully saturated rings. The van der Waals surface area contributed by atoms with Gasteiger partial charge >= 0.3 is 5.97 Å². The molecule has 120 valence electrons. The van der Waals surface area contributed by atoms with Gasteiger partial charge < -0.3 is 15.2 Å². The summed E-state index contributed by atoms with van der Waals surface area (Å²) in [5.74, 6) is -1.27. The molecule has 1 aliphatic rings. The third-order valence-corrected chi connectivity index (χ3v) is 3.99. The second-order valence-electron chi connectivity index (χ2n) is 5.49. The maximum Gasteiger partial charge on any atom is 0.305 e. The van der Waals surface area contributed by atoms with Crippen LogP contribution in [0.4, 0.5) is 0 Å². The summed E-state index contributed by atoms with van der Waals surface area (Å²) < 4.78 is 5.55. The van der Waals surface area contributed by atoms with E-state index in [4.69, 9.17) is 21.4 Å². The number of hydrogen-bond donors (Lipinski definition) is 2. The minimum absolute atomic E-state index is 0.0334. The van der Waals surface area contributed by atoms with Gasteiger partial charge in [-0.1, -0.05) is 36.6 Å². The molecule has 1 atom stereocenters. The quantitative estimate of drug-likeness (QED) is 0.808. The Hall–Kier alpha value is -1.59. The fourth-order valence-corrected chi connectivity index (χ4v) is 2.73. The molecule has 1 saturated carbocycles. The summed E-state index contributed by atoms with van der Waals surface area (Å²) in [5, 5.41) is 12.3. The van der Waals surface area contributed by atoms with E-state index in [9.17, 15) is 9.59 Å². The van der Waals surface area contributed by atoms with Crippen LogP contribution in [0.3, 0.4) is 0 Å². The Balaban J connectivity index is 1.91. The van der Waals surface area contributed by atoms with Crippen molar-refractivity contribution in [3.05, 3.63) is 34.9 Å². The van der Waals surface area contributed by atoms with E-state index in [1.54, 1.807) is 24.3 Å². The fraction of sp³-hybridized carbons (Fsp3) is 0.500. The van der Waals surface area contributed by atoms with E-state index >= 15 is 0 Å². The van der Waals surface area contributed by atoms with E-state index in [0.29, 0.717) is 10.6 Å². The molecule has 1 aliphatic carbocycles. The van der Waals surface area contributed by atoms with Gasteiger partial charge in [0.2, 0.25) is 5.91 Å². The molecule has 1 amide bonds. The molecule has 2 N–H and O–H groups in total. The van der Waals surface area contributed by atoms with Gasteiger partial charge in [-0.3, -0.25) is 9.59 Å². The average molecular weight is 326 g/mol. The highest BCUT2D eigenvalue weighted by Crippen LogP contribution is 2.21. The highest BCUT2D eigenvalue weighted by Gasteiger charge is 2.20. The SMILES string of the molecule is O=C(O)C[C@H](NC(=O)COC1CCCC1)c1ccc(Cl)cc1. The molecule has 0 bridgehead atoms. The molecule has 1 aromatic rings. The lowest BCUT2D eigenvalue weighted by atomic mass is 10.0. The van der Waals surface area contributed by atoms with Gasteiger partial charge in [0.25, 0.3) is 0 Å². The first-order valence-electron chi connectivity index (χ1n) is 7.43. The number of rotatable bonds is 7. The molecule has 5 nitrogen and oxygen atoms in total. The van der Waals surface area contributed by atoms with Crippen molar-refractivity contribution in [1.29, 1.82) is 0 Å². The summed E-state index contributed by atoms with van der Waals surface area (Å²) in [7, 11) is 0. The summed E-state index contributed by atoms with van der Waals surface area (Å²) in [6.07, 6.45) is 4.22. The van der Waals surface area contributed by atoms with Crippen molar-refractivity contribution in [1.82, 2.24) is 5.32 Å². The number of halogens is 1. The Morgan fingerprint density at radius 3 is 2.50 bits per heavy atom. The van der Waals surface area contributed by atoms with Crippen LogP contribution in [-0.2, 0) is 14.3 Å². The summed E-state index contributed by atoms with van der Waals surface area (Å²) in [4.78, 5) is 23.0. The van der Waals surface area contributed by atoms with Crippen molar-refractivity contribution in [2.75, 3.05) is 6.61 Å². The maximum atomic E-state index is 12.0. The van der Waals surface area contributed by atoms with E-state index in [-0.39, 0.29) is 25.0 Å². The maximum absolute atomic E-state index is 12.0. The van der Waals surface area contributed by atoms with Crippen LogP contribution in [-0.4, -0.2) is 29.7 Å². The predicted octanol–water partition coefficient (Wildman–Crippen LogP) is 2.93. The van der Waals surface area contributed by atoms with Crippen molar-refractivity contribution in [2.45, 2.75) is 44.2 Å². The minimum atomic E-state index is -0.975. The van der Waals surface area contributed by atoms with Crippen LogP contribution in [0.15, 0.2) is 24.3 Å². The van der Waals surface area contributed by atoms with Crippen LogP contribution in [0.2, 0.25) is 5.02 Å². The summed E-state index contributed by atoms with van der Waals surface area (Å²) in [5.41, 5.74) is 0.709. The zero-order chi connectivity index (χ0) is 15.9. The molecule has 0 unspecified atom stereocenters. The largest absolute Gasteiger partial charge is 0.481 e. The molecule has 0 spiro atoms. The first-order valence-corrected chi connectivity index (χ1v) is 7.80. The number of ether oxygens (including phenoxy) is 1. The molecule has 6 heteroatoms. The molecular formula is C16H20ClNO4. The highest BCUT2D eigenvalue weighted by atomic mass is 35.5. The Bertz CT molecular complexity index is 511. The van der Waals surface area contributed by atoms with Crippen LogP contribution in [0, 0.1) is 0 Å². The standard InChI is InChI=1S/C16H20ClNO4/c17-12-7-5-11(6-8-12)14(9-16(20)21)18-15(19)10-22-13-3-1-2-4-13/h5-8,13-14H,1-4,9-10H2,(H,18,19)(H,20,21)/t14-/m0/s1. The third-order valence-electron chi connectivity index (χ3n) is 3.74. The third kappa shape index (κ3) is 5.31. The number of nitrogens with one attached hydrogen (secondary N) is 1. The number of amides is 1. The van der Waals surface area contributed by atoms with E-state index in [1.807, 2.05) is 0 Å².